The van der Waals surface area contributed by atoms with Crippen molar-refractivity contribution in [1.82, 2.24) is 5.32 Å². The third kappa shape index (κ3) is 5.17. The zero-order valence-electron chi connectivity index (χ0n) is 17.9. The molecule has 1 saturated heterocycles. The second-order valence-corrected chi connectivity index (χ2v) is 7.38. The summed E-state index contributed by atoms with van der Waals surface area (Å²) >= 11 is 0. The number of nitrogens with one attached hydrogen (secondary N) is 1. The van der Waals surface area contributed by atoms with Crippen LogP contribution in [-0.4, -0.2) is 82.1 Å². The molecule has 0 aromatic heterocycles. The van der Waals surface area contributed by atoms with Crippen molar-refractivity contribution in [3.63, 3.8) is 0 Å². The number of para-hydroxylation sites is 2. The normalized spacial score (nSPS) is 30.7. The maximum absolute atomic E-state index is 11.7. The standard InChI is InChI=1S/C21H31NO9/c1-5-11-28-14-9-7-8-10-15(14)30-21(27)18(24)16(23)17(19(25)26)31-20(21,29-6-2)12-22-13(3)4/h5,7-10,13,16-18,22-24,27H,1,6,11-12H2,2-4H3,(H,25,26)/t16-,17+,18+,20-,21+/m1/s1. The van der Waals surface area contributed by atoms with Crippen LogP contribution in [0, 0.1) is 0 Å². The molecule has 174 valence electrons. The van der Waals surface area contributed by atoms with Crippen molar-refractivity contribution in [2.24, 2.45) is 0 Å². The maximum Gasteiger partial charge on any atom is 0.335 e. The number of carbonyl (C=O) groups is 1. The number of hydrogen-bond donors (Lipinski definition) is 5. The third-order valence-corrected chi connectivity index (χ3v) is 4.73. The number of aliphatic hydroxyl groups is 3. The first-order valence-electron chi connectivity index (χ1n) is 10.00. The Hall–Kier alpha value is -2.21. The highest BCUT2D eigenvalue weighted by Gasteiger charge is 2.68. The first kappa shape index (κ1) is 25.1. The van der Waals surface area contributed by atoms with Crippen LogP contribution in [0.25, 0.3) is 0 Å². The predicted molar refractivity (Wildman–Crippen MR) is 110 cm³/mol. The van der Waals surface area contributed by atoms with Gasteiger partial charge < -0.3 is 44.7 Å². The minimum atomic E-state index is -2.70. The van der Waals surface area contributed by atoms with E-state index in [9.17, 15) is 25.2 Å². The van der Waals surface area contributed by atoms with Gasteiger partial charge in [0.05, 0.1) is 6.54 Å². The van der Waals surface area contributed by atoms with Gasteiger partial charge >= 0.3 is 5.97 Å². The molecule has 5 N–H and O–H groups in total. The molecule has 0 unspecified atom stereocenters. The Labute approximate surface area is 181 Å². The molecule has 0 radical (unpaired) electrons. The highest BCUT2D eigenvalue weighted by Crippen LogP contribution is 2.43. The maximum atomic E-state index is 11.7. The summed E-state index contributed by atoms with van der Waals surface area (Å²) in [6.07, 6.45) is -4.46. The van der Waals surface area contributed by atoms with Crippen molar-refractivity contribution >= 4 is 5.97 Å². The summed E-state index contributed by atoms with van der Waals surface area (Å²) in [6.45, 7) is 8.70. The number of carboxylic acid groups (broad SMARTS) is 1. The fraction of sp³-hybridized carbons (Fsp3) is 0.571. The zero-order valence-corrected chi connectivity index (χ0v) is 17.9. The summed E-state index contributed by atoms with van der Waals surface area (Å²) in [5, 5.41) is 45.3. The van der Waals surface area contributed by atoms with E-state index in [1.54, 1.807) is 25.1 Å². The monoisotopic (exact) mass is 441 g/mol. The van der Waals surface area contributed by atoms with Gasteiger partial charge in [0, 0.05) is 12.6 Å². The molecule has 0 saturated carbocycles. The molecule has 1 aromatic rings. The van der Waals surface area contributed by atoms with E-state index in [4.69, 9.17) is 18.9 Å². The highest BCUT2D eigenvalue weighted by molar-refractivity contribution is 5.73. The average Bonchev–Trinajstić information content (AvgIpc) is 2.72. The lowest BCUT2D eigenvalue weighted by Crippen LogP contribution is -2.79. The molecule has 1 heterocycles. The molecule has 0 spiro atoms. The van der Waals surface area contributed by atoms with Gasteiger partial charge in [-0.3, -0.25) is 0 Å². The van der Waals surface area contributed by atoms with E-state index in [0.717, 1.165) is 0 Å². The number of aliphatic hydroxyl groups excluding tert-OH is 2. The summed E-state index contributed by atoms with van der Waals surface area (Å²) in [5.74, 6) is -6.18. The lowest BCUT2D eigenvalue weighted by Gasteiger charge is -2.53. The van der Waals surface area contributed by atoms with Crippen LogP contribution in [0.5, 0.6) is 11.5 Å². The quantitative estimate of drug-likeness (QED) is 0.239. The van der Waals surface area contributed by atoms with Gasteiger partial charge in [-0.25, -0.2) is 4.79 Å². The van der Waals surface area contributed by atoms with E-state index < -0.39 is 35.9 Å². The number of ether oxygens (including phenoxy) is 4. The van der Waals surface area contributed by atoms with Crippen LogP contribution in [0.2, 0.25) is 0 Å². The molecule has 10 nitrogen and oxygen atoms in total. The average molecular weight is 441 g/mol. The van der Waals surface area contributed by atoms with Gasteiger partial charge in [-0.15, -0.1) is 0 Å². The molecule has 31 heavy (non-hydrogen) atoms. The molecule has 10 heteroatoms. The third-order valence-electron chi connectivity index (χ3n) is 4.73. The van der Waals surface area contributed by atoms with Gasteiger partial charge in [-0.2, -0.15) is 0 Å². The second kappa shape index (κ2) is 10.4. The van der Waals surface area contributed by atoms with Crippen molar-refractivity contribution in [2.45, 2.75) is 56.7 Å². The molecule has 1 aliphatic heterocycles. The van der Waals surface area contributed by atoms with Crippen LogP contribution in [0.4, 0.5) is 0 Å². The Kier molecular flexibility index (Phi) is 8.41. The molecule has 2 rings (SSSR count). The number of rotatable bonds is 11. The van der Waals surface area contributed by atoms with Gasteiger partial charge in [-0.1, -0.05) is 38.6 Å². The second-order valence-electron chi connectivity index (χ2n) is 7.38. The van der Waals surface area contributed by atoms with Crippen molar-refractivity contribution in [2.75, 3.05) is 19.8 Å². The van der Waals surface area contributed by atoms with Gasteiger partial charge in [-0.05, 0) is 19.1 Å². The summed E-state index contributed by atoms with van der Waals surface area (Å²) in [6, 6.07) is 6.23. The smallest absolute Gasteiger partial charge is 0.335 e. The summed E-state index contributed by atoms with van der Waals surface area (Å²) in [4.78, 5) is 11.7. The van der Waals surface area contributed by atoms with Crippen LogP contribution in [-0.2, 0) is 14.3 Å². The van der Waals surface area contributed by atoms with Crippen LogP contribution in [0.15, 0.2) is 36.9 Å². The first-order chi connectivity index (χ1) is 14.6. The number of hydrogen-bond acceptors (Lipinski definition) is 9. The minimum absolute atomic E-state index is 0.0177. The zero-order chi connectivity index (χ0) is 23.2. The lowest BCUT2D eigenvalue weighted by atomic mass is 9.87. The van der Waals surface area contributed by atoms with Crippen LogP contribution >= 0.6 is 0 Å². The van der Waals surface area contributed by atoms with Crippen molar-refractivity contribution in [3.05, 3.63) is 36.9 Å². The SMILES string of the molecule is C=CCOc1ccccc1O[C@@]1(O)[C@@H](O)[C@H](O)[C@@H](C(=O)O)O[C@@]1(CNC(C)C)OCC. The molecule has 1 aromatic carbocycles. The number of benzene rings is 1. The van der Waals surface area contributed by atoms with Crippen molar-refractivity contribution in [3.8, 4) is 11.5 Å². The van der Waals surface area contributed by atoms with E-state index in [1.165, 1.54) is 12.1 Å². The number of carboxylic acids is 1. The topological polar surface area (TPSA) is 147 Å². The summed E-state index contributed by atoms with van der Waals surface area (Å²) in [7, 11) is 0. The summed E-state index contributed by atoms with van der Waals surface area (Å²) in [5.41, 5.74) is 0. The van der Waals surface area contributed by atoms with E-state index in [2.05, 4.69) is 11.9 Å². The summed E-state index contributed by atoms with van der Waals surface area (Å²) < 4.78 is 22.6. The Balaban J connectivity index is 2.56. The molecule has 5 atom stereocenters. The molecule has 1 fully saturated rings. The fourth-order valence-electron chi connectivity index (χ4n) is 3.21. The molecule has 0 aliphatic carbocycles. The predicted octanol–water partition coefficient (Wildman–Crippen LogP) is 0.255. The van der Waals surface area contributed by atoms with E-state index in [-0.39, 0.29) is 37.3 Å². The van der Waals surface area contributed by atoms with Gasteiger partial charge in [0.25, 0.3) is 11.6 Å². The van der Waals surface area contributed by atoms with E-state index in [0.29, 0.717) is 0 Å². The van der Waals surface area contributed by atoms with Crippen LogP contribution in [0.3, 0.4) is 0 Å². The van der Waals surface area contributed by atoms with Crippen LogP contribution in [0.1, 0.15) is 20.8 Å². The Bertz CT molecular complexity index is 758. The van der Waals surface area contributed by atoms with Gasteiger partial charge in [0.2, 0.25) is 0 Å². The lowest BCUT2D eigenvalue weighted by molar-refractivity contribution is -0.439. The molecular formula is C21H31NO9. The largest absolute Gasteiger partial charge is 0.486 e. The molecular weight excluding hydrogens is 410 g/mol. The molecule has 1 aliphatic rings. The minimum Gasteiger partial charge on any atom is -0.486 e. The van der Waals surface area contributed by atoms with Gasteiger partial charge in [0.1, 0.15) is 12.7 Å². The Morgan fingerprint density at radius 3 is 2.52 bits per heavy atom. The van der Waals surface area contributed by atoms with Crippen LogP contribution < -0.4 is 14.8 Å². The molecule has 0 bridgehead atoms. The molecule has 0 amide bonds. The van der Waals surface area contributed by atoms with E-state index in [1.807, 2.05) is 13.8 Å². The number of aliphatic carboxylic acids is 1. The van der Waals surface area contributed by atoms with Gasteiger partial charge in [0.15, 0.2) is 23.7 Å². The van der Waals surface area contributed by atoms with E-state index >= 15 is 0 Å². The Morgan fingerprint density at radius 2 is 1.97 bits per heavy atom. The highest BCUT2D eigenvalue weighted by atomic mass is 16.8. The fourth-order valence-corrected chi connectivity index (χ4v) is 3.21. The van der Waals surface area contributed by atoms with Crippen molar-refractivity contribution < 1.29 is 44.2 Å². The van der Waals surface area contributed by atoms with Crippen molar-refractivity contribution in [1.29, 1.82) is 0 Å². The Morgan fingerprint density at radius 1 is 1.32 bits per heavy atom. The first-order valence-corrected chi connectivity index (χ1v) is 10.00.